The molecule has 1 N–H and O–H groups in total. The molecule has 0 spiro atoms. The summed E-state index contributed by atoms with van der Waals surface area (Å²) in [6, 6.07) is 7.91. The van der Waals surface area contributed by atoms with Gasteiger partial charge in [0, 0.05) is 12.6 Å². The maximum atomic E-state index is 12.9. The summed E-state index contributed by atoms with van der Waals surface area (Å²) in [5.74, 6) is -1.76. The molecule has 7 heteroatoms. The normalized spacial score (nSPS) is 15.0. The molecular weight excluding hydrogens is 320 g/mol. The van der Waals surface area contributed by atoms with E-state index in [1.807, 2.05) is 31.2 Å². The highest BCUT2D eigenvalue weighted by atomic mass is 16.4. The molecule has 1 aliphatic carbocycles. The number of nitrogens with zero attached hydrogens (tertiary/aromatic N) is 4. The van der Waals surface area contributed by atoms with Crippen LogP contribution in [0.3, 0.4) is 0 Å². The highest BCUT2D eigenvalue weighted by Crippen LogP contribution is 2.29. The molecule has 1 amide bonds. The maximum Gasteiger partial charge on any atom is 0.308 e. The van der Waals surface area contributed by atoms with E-state index >= 15 is 0 Å². The van der Waals surface area contributed by atoms with Crippen molar-refractivity contribution in [2.75, 3.05) is 6.54 Å². The Morgan fingerprint density at radius 2 is 1.92 bits per heavy atom. The van der Waals surface area contributed by atoms with Crippen LogP contribution in [0.1, 0.15) is 41.5 Å². The van der Waals surface area contributed by atoms with E-state index in [9.17, 15) is 9.59 Å². The number of carboxylic acids is 1. The van der Waals surface area contributed by atoms with Gasteiger partial charge in [0.1, 0.15) is 0 Å². The number of hydrogen-bond donors (Lipinski definition) is 1. The Labute approximate surface area is 146 Å². The van der Waals surface area contributed by atoms with Gasteiger partial charge in [-0.25, -0.2) is 4.68 Å². The first kappa shape index (κ1) is 17.1. The van der Waals surface area contributed by atoms with Gasteiger partial charge in [-0.15, -0.1) is 5.10 Å². The van der Waals surface area contributed by atoms with Crippen LogP contribution in [0.4, 0.5) is 0 Å². The van der Waals surface area contributed by atoms with Crippen LogP contribution in [-0.2, 0) is 4.79 Å². The third-order valence-corrected chi connectivity index (χ3v) is 4.52. The second-order valence-corrected chi connectivity index (χ2v) is 6.70. The van der Waals surface area contributed by atoms with Crippen LogP contribution in [0, 0.1) is 19.8 Å². The number of hydrogen-bond acceptors (Lipinski definition) is 4. The number of carboxylic acid groups (broad SMARTS) is 1. The van der Waals surface area contributed by atoms with Crippen molar-refractivity contribution in [1.29, 1.82) is 0 Å². The average Bonchev–Trinajstić information content (AvgIpc) is 3.35. The lowest BCUT2D eigenvalue weighted by Gasteiger charge is -2.23. The lowest BCUT2D eigenvalue weighted by Crippen LogP contribution is -2.39. The van der Waals surface area contributed by atoms with Gasteiger partial charge >= 0.3 is 5.97 Å². The number of benzene rings is 1. The largest absolute Gasteiger partial charge is 0.481 e. The molecule has 1 aliphatic rings. The highest BCUT2D eigenvalue weighted by molar-refractivity contribution is 5.94. The van der Waals surface area contributed by atoms with Crippen LogP contribution in [0.2, 0.25) is 0 Å². The van der Waals surface area contributed by atoms with Crippen LogP contribution >= 0.6 is 0 Å². The Kier molecular flexibility index (Phi) is 4.57. The molecule has 1 heterocycles. The Balaban J connectivity index is 1.86. The first-order valence-corrected chi connectivity index (χ1v) is 8.41. The molecule has 132 valence electrons. The molecule has 25 heavy (non-hydrogen) atoms. The fraction of sp³-hybridized carbons (Fsp3) is 0.444. The molecule has 1 aromatic carbocycles. The van der Waals surface area contributed by atoms with E-state index in [1.165, 1.54) is 0 Å². The monoisotopic (exact) mass is 342 g/mol. The van der Waals surface area contributed by atoms with Crippen LogP contribution in [0.25, 0.3) is 5.69 Å². The molecule has 1 saturated carbocycles. The van der Waals surface area contributed by atoms with Crippen molar-refractivity contribution in [3.63, 3.8) is 0 Å². The molecule has 1 atom stereocenters. The zero-order valence-electron chi connectivity index (χ0n) is 14.6. The Hall–Kier alpha value is -2.70. The topological polar surface area (TPSA) is 88.3 Å². The summed E-state index contributed by atoms with van der Waals surface area (Å²) in [5.41, 5.74) is 2.92. The minimum Gasteiger partial charge on any atom is -0.481 e. The summed E-state index contributed by atoms with van der Waals surface area (Å²) in [6.45, 7) is 5.61. The van der Waals surface area contributed by atoms with Crippen molar-refractivity contribution < 1.29 is 14.7 Å². The minimum absolute atomic E-state index is 0.109. The molecule has 0 aliphatic heterocycles. The van der Waals surface area contributed by atoms with E-state index < -0.39 is 11.9 Å². The SMILES string of the molecule is Cc1ccc(-n2nnc(C(=O)N(CC(C)C(=O)O)C3CC3)c2C)cc1. The van der Waals surface area contributed by atoms with E-state index in [0.717, 1.165) is 24.1 Å². The lowest BCUT2D eigenvalue weighted by atomic mass is 10.1. The first-order chi connectivity index (χ1) is 11.9. The van der Waals surface area contributed by atoms with Crippen molar-refractivity contribution in [2.24, 2.45) is 5.92 Å². The maximum absolute atomic E-state index is 12.9. The van der Waals surface area contributed by atoms with E-state index in [0.29, 0.717) is 5.69 Å². The summed E-state index contributed by atoms with van der Waals surface area (Å²) in [4.78, 5) is 25.7. The van der Waals surface area contributed by atoms with Gasteiger partial charge in [0.25, 0.3) is 5.91 Å². The van der Waals surface area contributed by atoms with Crippen molar-refractivity contribution in [1.82, 2.24) is 19.9 Å². The van der Waals surface area contributed by atoms with Gasteiger partial charge in [-0.05, 0) is 38.8 Å². The van der Waals surface area contributed by atoms with Gasteiger partial charge < -0.3 is 10.0 Å². The Bertz CT molecular complexity index is 793. The molecule has 3 rings (SSSR count). The molecule has 0 saturated heterocycles. The van der Waals surface area contributed by atoms with Crippen molar-refractivity contribution in [2.45, 2.75) is 39.7 Å². The Morgan fingerprint density at radius 3 is 2.48 bits per heavy atom. The summed E-state index contributed by atoms with van der Waals surface area (Å²) >= 11 is 0. The van der Waals surface area contributed by atoms with E-state index in [-0.39, 0.29) is 24.2 Å². The van der Waals surface area contributed by atoms with Crippen LogP contribution in [-0.4, -0.2) is 49.5 Å². The molecule has 2 aromatic rings. The minimum atomic E-state index is -0.904. The number of carbonyl (C=O) groups excluding carboxylic acids is 1. The predicted molar refractivity (Wildman–Crippen MR) is 91.7 cm³/mol. The van der Waals surface area contributed by atoms with Gasteiger partial charge in [-0.3, -0.25) is 9.59 Å². The van der Waals surface area contributed by atoms with Gasteiger partial charge in [0.15, 0.2) is 5.69 Å². The fourth-order valence-electron chi connectivity index (χ4n) is 2.75. The molecule has 0 radical (unpaired) electrons. The van der Waals surface area contributed by atoms with Gasteiger partial charge in [0.05, 0.1) is 17.3 Å². The average molecular weight is 342 g/mol. The van der Waals surface area contributed by atoms with Crippen LogP contribution < -0.4 is 0 Å². The fourth-order valence-corrected chi connectivity index (χ4v) is 2.75. The molecule has 7 nitrogen and oxygen atoms in total. The summed E-state index contributed by atoms with van der Waals surface area (Å²) < 4.78 is 1.64. The van der Waals surface area contributed by atoms with Gasteiger partial charge in [0.2, 0.25) is 0 Å². The third kappa shape index (κ3) is 3.55. The zero-order chi connectivity index (χ0) is 18.1. The number of carbonyl (C=O) groups is 2. The quantitative estimate of drug-likeness (QED) is 0.869. The standard InChI is InChI=1S/C18H22N4O3/c1-11-4-6-15(7-5-11)22-13(3)16(19-20-22)17(23)21(14-8-9-14)10-12(2)18(24)25/h4-7,12,14H,8-10H2,1-3H3,(H,24,25). The smallest absolute Gasteiger partial charge is 0.308 e. The number of amides is 1. The predicted octanol–water partition coefficient (Wildman–Crippen LogP) is 2.21. The number of aromatic nitrogens is 3. The van der Waals surface area contributed by atoms with E-state index in [2.05, 4.69) is 10.3 Å². The Morgan fingerprint density at radius 1 is 1.28 bits per heavy atom. The zero-order valence-corrected chi connectivity index (χ0v) is 14.6. The highest BCUT2D eigenvalue weighted by Gasteiger charge is 2.36. The van der Waals surface area contributed by atoms with Crippen molar-refractivity contribution in [3.05, 3.63) is 41.2 Å². The molecule has 1 fully saturated rings. The summed E-state index contributed by atoms with van der Waals surface area (Å²) in [6.07, 6.45) is 1.81. The van der Waals surface area contributed by atoms with Crippen LogP contribution in [0.5, 0.6) is 0 Å². The molecule has 1 aromatic heterocycles. The second-order valence-electron chi connectivity index (χ2n) is 6.70. The van der Waals surface area contributed by atoms with Crippen LogP contribution in [0.15, 0.2) is 24.3 Å². The third-order valence-electron chi connectivity index (χ3n) is 4.52. The van der Waals surface area contributed by atoms with E-state index in [1.54, 1.807) is 23.4 Å². The van der Waals surface area contributed by atoms with Crippen molar-refractivity contribution in [3.8, 4) is 5.69 Å². The molecular formula is C18H22N4O3. The molecule has 1 unspecified atom stereocenters. The molecule has 0 bridgehead atoms. The number of aryl methyl sites for hydroxylation is 1. The number of aliphatic carboxylic acids is 1. The summed E-state index contributed by atoms with van der Waals surface area (Å²) in [5, 5.41) is 17.3. The van der Waals surface area contributed by atoms with Gasteiger partial charge in [-0.1, -0.05) is 29.8 Å². The lowest BCUT2D eigenvalue weighted by molar-refractivity contribution is -0.141. The second kappa shape index (κ2) is 6.66. The van der Waals surface area contributed by atoms with E-state index in [4.69, 9.17) is 5.11 Å². The van der Waals surface area contributed by atoms with Crippen molar-refractivity contribution >= 4 is 11.9 Å². The first-order valence-electron chi connectivity index (χ1n) is 8.41. The number of rotatable bonds is 6. The van der Waals surface area contributed by atoms with Gasteiger partial charge in [-0.2, -0.15) is 0 Å². The summed E-state index contributed by atoms with van der Waals surface area (Å²) in [7, 11) is 0.